The maximum atomic E-state index is 11.4. The highest BCUT2D eigenvalue weighted by Crippen LogP contribution is 1.91. The number of aliphatic hydroxyl groups is 1. The van der Waals surface area contributed by atoms with E-state index in [4.69, 9.17) is 10.2 Å². The molecule has 0 aromatic carbocycles. The molecule has 1 unspecified atom stereocenters. The van der Waals surface area contributed by atoms with Crippen molar-refractivity contribution in [3.05, 3.63) is 0 Å². The third-order valence-electron chi connectivity index (χ3n) is 2.37. The van der Waals surface area contributed by atoms with Crippen LogP contribution in [0.5, 0.6) is 0 Å². The fourth-order valence-electron chi connectivity index (χ4n) is 1.29. The van der Waals surface area contributed by atoms with Crippen LogP contribution in [0.2, 0.25) is 0 Å². The highest BCUT2D eigenvalue weighted by Gasteiger charge is 2.18. The Hall–Kier alpha value is -1.83. The average Bonchev–Trinajstić information content (AvgIpc) is 2.35. The summed E-state index contributed by atoms with van der Waals surface area (Å²) in [6.45, 7) is 4.29. The van der Waals surface area contributed by atoms with Gasteiger partial charge in [0.25, 0.3) is 0 Å². The number of carbonyl (C=O) groups excluding carboxylic acids is 2. The number of rotatable bonds is 9. The summed E-state index contributed by atoms with van der Waals surface area (Å²) in [4.78, 5) is 33.5. The fraction of sp³-hybridized carbons (Fsp3) is 0.750. The highest BCUT2D eigenvalue weighted by atomic mass is 16.4. The summed E-state index contributed by atoms with van der Waals surface area (Å²) in [5.41, 5.74) is 0. The van der Waals surface area contributed by atoms with Crippen molar-refractivity contribution in [1.82, 2.24) is 16.0 Å². The lowest BCUT2D eigenvalue weighted by Gasteiger charge is -2.14. The Bertz CT molecular complexity index is 333. The van der Waals surface area contributed by atoms with Crippen molar-refractivity contribution >= 4 is 17.9 Å². The lowest BCUT2D eigenvalue weighted by molar-refractivity contribution is -0.139. The molecule has 0 bridgehead atoms. The number of nitrogens with one attached hydrogen (secondary N) is 3. The van der Waals surface area contributed by atoms with Crippen LogP contribution in [0.15, 0.2) is 0 Å². The summed E-state index contributed by atoms with van der Waals surface area (Å²) >= 11 is 0. The second-order valence-corrected chi connectivity index (χ2v) is 4.75. The van der Waals surface area contributed by atoms with Crippen LogP contribution in [0.3, 0.4) is 0 Å². The number of aliphatic hydroxyl groups excluding tert-OH is 1. The van der Waals surface area contributed by atoms with Gasteiger partial charge in [0, 0.05) is 32.5 Å². The molecule has 0 saturated heterocycles. The van der Waals surface area contributed by atoms with Crippen LogP contribution < -0.4 is 16.0 Å². The molecule has 0 aliphatic rings. The summed E-state index contributed by atoms with van der Waals surface area (Å²) in [5, 5.41) is 24.7. The van der Waals surface area contributed by atoms with Crippen LogP contribution in [-0.2, 0) is 9.59 Å². The predicted octanol–water partition coefficient (Wildman–Crippen LogP) is -0.716. The Morgan fingerprint density at radius 1 is 1.15 bits per heavy atom. The summed E-state index contributed by atoms with van der Waals surface area (Å²) < 4.78 is 0. The molecule has 8 nitrogen and oxygen atoms in total. The van der Waals surface area contributed by atoms with Gasteiger partial charge in [-0.15, -0.1) is 0 Å². The van der Waals surface area contributed by atoms with E-state index in [1.165, 1.54) is 0 Å². The van der Waals surface area contributed by atoms with Crippen molar-refractivity contribution in [3.8, 4) is 0 Å². The van der Waals surface area contributed by atoms with E-state index in [0.29, 0.717) is 12.5 Å². The second-order valence-electron chi connectivity index (χ2n) is 4.75. The van der Waals surface area contributed by atoms with Crippen LogP contribution in [0.4, 0.5) is 4.79 Å². The normalized spacial score (nSPS) is 11.8. The SMILES string of the molecule is CC(C)CNC(=O)CCNC(=O)NC(CCO)C(=O)O. The second kappa shape index (κ2) is 10.0. The standard InChI is InChI=1S/C12H23N3O5/c1-8(2)7-14-10(17)3-5-13-12(20)15-9(4-6-16)11(18)19/h8-9,16H,3-7H2,1-2H3,(H,14,17)(H,18,19)(H2,13,15,20). The van der Waals surface area contributed by atoms with Gasteiger partial charge in [-0.2, -0.15) is 0 Å². The molecule has 0 saturated carbocycles. The van der Waals surface area contributed by atoms with Crippen LogP contribution in [0.1, 0.15) is 26.7 Å². The molecule has 0 heterocycles. The van der Waals surface area contributed by atoms with E-state index in [0.717, 1.165) is 0 Å². The van der Waals surface area contributed by atoms with Gasteiger partial charge in [0.2, 0.25) is 5.91 Å². The molecule has 20 heavy (non-hydrogen) atoms. The largest absolute Gasteiger partial charge is 0.480 e. The van der Waals surface area contributed by atoms with Gasteiger partial charge in [-0.1, -0.05) is 13.8 Å². The predicted molar refractivity (Wildman–Crippen MR) is 72.1 cm³/mol. The quantitative estimate of drug-likeness (QED) is 0.383. The van der Waals surface area contributed by atoms with Crippen molar-refractivity contribution in [2.45, 2.75) is 32.7 Å². The molecule has 0 rings (SSSR count). The van der Waals surface area contributed by atoms with E-state index in [-0.39, 0.29) is 31.9 Å². The highest BCUT2D eigenvalue weighted by molar-refractivity contribution is 5.83. The van der Waals surface area contributed by atoms with Crippen molar-refractivity contribution in [2.75, 3.05) is 19.7 Å². The maximum absolute atomic E-state index is 11.4. The average molecular weight is 289 g/mol. The van der Waals surface area contributed by atoms with Gasteiger partial charge in [0.15, 0.2) is 0 Å². The third kappa shape index (κ3) is 9.15. The topological polar surface area (TPSA) is 128 Å². The van der Waals surface area contributed by atoms with Crippen molar-refractivity contribution in [1.29, 1.82) is 0 Å². The molecule has 0 fully saturated rings. The molecular weight excluding hydrogens is 266 g/mol. The zero-order valence-electron chi connectivity index (χ0n) is 11.8. The fourth-order valence-corrected chi connectivity index (χ4v) is 1.29. The van der Waals surface area contributed by atoms with Crippen LogP contribution >= 0.6 is 0 Å². The van der Waals surface area contributed by atoms with Crippen molar-refractivity contribution in [2.24, 2.45) is 5.92 Å². The number of hydrogen-bond donors (Lipinski definition) is 5. The number of amides is 3. The molecule has 0 aliphatic heterocycles. The van der Waals surface area contributed by atoms with E-state index >= 15 is 0 Å². The zero-order valence-corrected chi connectivity index (χ0v) is 11.8. The number of carboxylic acid groups (broad SMARTS) is 1. The van der Waals surface area contributed by atoms with Crippen LogP contribution in [0.25, 0.3) is 0 Å². The molecule has 1 atom stereocenters. The molecular formula is C12H23N3O5. The van der Waals surface area contributed by atoms with Crippen LogP contribution in [-0.4, -0.2) is 53.9 Å². The minimum atomic E-state index is -1.22. The molecule has 0 aromatic heterocycles. The summed E-state index contributed by atoms with van der Waals surface area (Å²) in [5.74, 6) is -1.04. The number of carboxylic acids is 1. The molecule has 0 aromatic rings. The molecule has 5 N–H and O–H groups in total. The van der Waals surface area contributed by atoms with Gasteiger partial charge in [-0.25, -0.2) is 9.59 Å². The maximum Gasteiger partial charge on any atom is 0.326 e. The van der Waals surface area contributed by atoms with E-state index in [9.17, 15) is 14.4 Å². The lowest BCUT2D eigenvalue weighted by atomic mass is 10.2. The Labute approximate surface area is 117 Å². The first-order valence-electron chi connectivity index (χ1n) is 6.51. The monoisotopic (exact) mass is 289 g/mol. The Morgan fingerprint density at radius 3 is 2.30 bits per heavy atom. The Kier molecular flexibility index (Phi) is 9.10. The first-order valence-corrected chi connectivity index (χ1v) is 6.51. The zero-order chi connectivity index (χ0) is 15.5. The van der Waals surface area contributed by atoms with Crippen molar-refractivity contribution < 1.29 is 24.6 Å². The molecule has 116 valence electrons. The molecule has 0 spiro atoms. The minimum Gasteiger partial charge on any atom is -0.480 e. The van der Waals surface area contributed by atoms with Gasteiger partial charge >= 0.3 is 12.0 Å². The number of hydrogen-bond acceptors (Lipinski definition) is 4. The van der Waals surface area contributed by atoms with E-state index in [1.54, 1.807) is 0 Å². The van der Waals surface area contributed by atoms with Gasteiger partial charge < -0.3 is 26.2 Å². The molecule has 3 amide bonds. The summed E-state index contributed by atoms with van der Waals surface area (Å²) in [6.07, 6.45) is 0.0511. The first kappa shape index (κ1) is 18.2. The Morgan fingerprint density at radius 2 is 1.80 bits per heavy atom. The first-order chi connectivity index (χ1) is 9.36. The number of aliphatic carboxylic acids is 1. The molecule has 0 radical (unpaired) electrons. The molecule has 8 heteroatoms. The van der Waals surface area contributed by atoms with Gasteiger partial charge in [0.05, 0.1) is 0 Å². The number of carbonyl (C=O) groups is 3. The molecule has 0 aliphatic carbocycles. The Balaban J connectivity index is 3.87. The minimum absolute atomic E-state index is 0.0718. The van der Waals surface area contributed by atoms with Gasteiger partial charge in [0.1, 0.15) is 6.04 Å². The smallest absolute Gasteiger partial charge is 0.326 e. The van der Waals surface area contributed by atoms with Gasteiger partial charge in [-0.05, 0) is 5.92 Å². The van der Waals surface area contributed by atoms with E-state index < -0.39 is 18.0 Å². The van der Waals surface area contributed by atoms with Crippen molar-refractivity contribution in [3.63, 3.8) is 0 Å². The van der Waals surface area contributed by atoms with Gasteiger partial charge in [-0.3, -0.25) is 4.79 Å². The lowest BCUT2D eigenvalue weighted by Crippen LogP contribution is -2.47. The summed E-state index contributed by atoms with van der Waals surface area (Å²) in [6, 6.07) is -1.82. The van der Waals surface area contributed by atoms with E-state index in [2.05, 4.69) is 16.0 Å². The third-order valence-corrected chi connectivity index (χ3v) is 2.37. The number of urea groups is 1. The summed E-state index contributed by atoms with van der Waals surface area (Å²) in [7, 11) is 0. The van der Waals surface area contributed by atoms with Crippen LogP contribution in [0, 0.1) is 5.92 Å². The van der Waals surface area contributed by atoms with E-state index in [1.807, 2.05) is 13.8 Å².